The Morgan fingerprint density at radius 3 is 2.24 bits per heavy atom. The molecule has 1 aliphatic heterocycles. The van der Waals surface area contributed by atoms with E-state index in [1.54, 1.807) is 0 Å². The summed E-state index contributed by atoms with van der Waals surface area (Å²) in [5, 5.41) is 3.60. The molecule has 1 rings (SSSR count). The second-order valence-corrected chi connectivity index (χ2v) is 7.02. The van der Waals surface area contributed by atoms with Crippen LogP contribution in [0.25, 0.3) is 0 Å². The molecule has 0 aromatic carbocycles. The third-order valence-corrected chi connectivity index (χ3v) is 4.82. The van der Waals surface area contributed by atoms with Gasteiger partial charge in [-0.1, -0.05) is 34.6 Å². The minimum absolute atomic E-state index is 0.174. The normalized spacial score (nSPS) is 28.0. The number of amides is 1. The summed E-state index contributed by atoms with van der Waals surface area (Å²) in [6.07, 6.45) is 2.03. The van der Waals surface area contributed by atoms with E-state index >= 15 is 0 Å². The number of nitrogens with one attached hydrogen (secondary N) is 1. The Labute approximate surface area is 131 Å². The molecule has 21 heavy (non-hydrogen) atoms. The Morgan fingerprint density at radius 2 is 1.81 bits per heavy atom. The van der Waals surface area contributed by atoms with Gasteiger partial charge in [0.1, 0.15) is 0 Å². The van der Waals surface area contributed by atoms with Crippen LogP contribution in [0.5, 0.6) is 0 Å². The zero-order valence-electron chi connectivity index (χ0n) is 15.1. The van der Waals surface area contributed by atoms with E-state index in [4.69, 9.17) is 0 Å². The van der Waals surface area contributed by atoms with Gasteiger partial charge >= 0.3 is 0 Å². The van der Waals surface area contributed by atoms with Crippen molar-refractivity contribution >= 4 is 5.91 Å². The second kappa shape index (κ2) is 7.59. The summed E-state index contributed by atoms with van der Waals surface area (Å²) < 4.78 is 0. The van der Waals surface area contributed by atoms with E-state index in [0.717, 1.165) is 32.5 Å². The second-order valence-electron chi connectivity index (χ2n) is 7.02. The van der Waals surface area contributed by atoms with Crippen LogP contribution in [0.2, 0.25) is 0 Å². The van der Waals surface area contributed by atoms with Crippen molar-refractivity contribution in [2.75, 3.05) is 19.6 Å². The van der Waals surface area contributed by atoms with Crippen molar-refractivity contribution in [3.05, 3.63) is 0 Å². The fourth-order valence-electron chi connectivity index (χ4n) is 3.25. The Balaban J connectivity index is 2.89. The van der Waals surface area contributed by atoms with Crippen LogP contribution in [0.3, 0.4) is 0 Å². The molecule has 0 bridgehead atoms. The molecule has 0 spiro atoms. The van der Waals surface area contributed by atoms with Crippen LogP contribution in [0.4, 0.5) is 0 Å². The van der Waals surface area contributed by atoms with Crippen molar-refractivity contribution in [2.45, 2.75) is 79.1 Å². The fraction of sp³-hybridized carbons (Fsp3) is 0.941. The molecule has 3 atom stereocenters. The highest BCUT2D eigenvalue weighted by atomic mass is 16.2. The quantitative estimate of drug-likeness (QED) is 0.748. The fourth-order valence-corrected chi connectivity index (χ4v) is 3.25. The minimum atomic E-state index is -0.392. The zero-order chi connectivity index (χ0) is 16.2. The van der Waals surface area contributed by atoms with E-state index in [-0.39, 0.29) is 18.1 Å². The number of likely N-dealkylation sites (N-methyl/N-ethyl adjacent to an activating group) is 1. The van der Waals surface area contributed by atoms with Gasteiger partial charge in [0.05, 0.1) is 11.7 Å². The number of carbonyl (C=O) groups excluding carboxylic acids is 1. The van der Waals surface area contributed by atoms with E-state index < -0.39 is 5.54 Å². The first-order chi connectivity index (χ1) is 9.78. The molecule has 124 valence electrons. The molecule has 0 aromatic heterocycles. The highest BCUT2D eigenvalue weighted by molar-refractivity contribution is 5.88. The molecule has 0 saturated carbocycles. The van der Waals surface area contributed by atoms with Gasteiger partial charge in [0.2, 0.25) is 5.91 Å². The highest BCUT2D eigenvalue weighted by Gasteiger charge is 2.48. The number of nitrogens with zero attached hydrogens (tertiary/aromatic N) is 2. The summed E-state index contributed by atoms with van der Waals surface area (Å²) in [7, 11) is 0. The van der Waals surface area contributed by atoms with Gasteiger partial charge in [-0.25, -0.2) is 0 Å². The summed E-state index contributed by atoms with van der Waals surface area (Å²) >= 11 is 0. The first kappa shape index (κ1) is 18.4. The van der Waals surface area contributed by atoms with Crippen LogP contribution in [-0.2, 0) is 4.79 Å². The van der Waals surface area contributed by atoms with Gasteiger partial charge in [0.15, 0.2) is 0 Å². The standard InChI is InChI=1S/C17H35N3O/c1-8-17(7)16(21)20(15(18-17)11-13(4)5)14(6)12-19(9-2)10-3/h13-15,18H,8-12H2,1-7H3. The van der Waals surface area contributed by atoms with E-state index in [1.165, 1.54) is 0 Å². The first-order valence-electron chi connectivity index (χ1n) is 8.61. The molecule has 4 nitrogen and oxygen atoms in total. The van der Waals surface area contributed by atoms with Gasteiger partial charge in [0.25, 0.3) is 0 Å². The lowest BCUT2D eigenvalue weighted by Gasteiger charge is -2.34. The maximum Gasteiger partial charge on any atom is 0.244 e. The molecule has 1 heterocycles. The molecule has 4 heteroatoms. The minimum Gasteiger partial charge on any atom is -0.322 e. The maximum atomic E-state index is 12.9. The molecule has 1 saturated heterocycles. The van der Waals surface area contributed by atoms with Crippen LogP contribution >= 0.6 is 0 Å². The molecule has 0 aliphatic carbocycles. The van der Waals surface area contributed by atoms with Crippen molar-refractivity contribution < 1.29 is 4.79 Å². The van der Waals surface area contributed by atoms with Gasteiger partial charge in [-0.3, -0.25) is 10.1 Å². The van der Waals surface area contributed by atoms with E-state index in [0.29, 0.717) is 5.92 Å². The van der Waals surface area contributed by atoms with Crippen LogP contribution in [0.1, 0.15) is 61.3 Å². The molecule has 1 amide bonds. The molecular weight excluding hydrogens is 262 g/mol. The number of carbonyl (C=O) groups is 1. The highest BCUT2D eigenvalue weighted by Crippen LogP contribution is 2.28. The first-order valence-corrected chi connectivity index (χ1v) is 8.61. The average Bonchev–Trinajstić information content (AvgIpc) is 2.67. The predicted molar refractivity (Wildman–Crippen MR) is 89.2 cm³/mol. The van der Waals surface area contributed by atoms with Gasteiger partial charge in [0, 0.05) is 12.6 Å². The topological polar surface area (TPSA) is 35.6 Å². The Morgan fingerprint density at radius 1 is 1.24 bits per heavy atom. The Kier molecular flexibility index (Phi) is 6.67. The van der Waals surface area contributed by atoms with E-state index in [9.17, 15) is 4.79 Å². The lowest BCUT2D eigenvalue weighted by Crippen LogP contribution is -2.49. The third kappa shape index (κ3) is 4.19. The van der Waals surface area contributed by atoms with Crippen LogP contribution < -0.4 is 5.32 Å². The summed E-state index contributed by atoms with van der Waals surface area (Å²) in [6.45, 7) is 18.2. The number of hydrogen-bond acceptors (Lipinski definition) is 3. The lowest BCUT2D eigenvalue weighted by molar-refractivity contribution is -0.135. The third-order valence-electron chi connectivity index (χ3n) is 4.82. The largest absolute Gasteiger partial charge is 0.322 e. The Hall–Kier alpha value is -0.610. The van der Waals surface area contributed by atoms with Crippen molar-refractivity contribution in [1.29, 1.82) is 0 Å². The average molecular weight is 297 g/mol. The van der Waals surface area contributed by atoms with Gasteiger partial charge < -0.3 is 9.80 Å². The van der Waals surface area contributed by atoms with Crippen molar-refractivity contribution in [1.82, 2.24) is 15.1 Å². The van der Waals surface area contributed by atoms with Crippen molar-refractivity contribution in [3.8, 4) is 0 Å². The van der Waals surface area contributed by atoms with Gasteiger partial charge in [-0.15, -0.1) is 0 Å². The molecule has 0 aromatic rings. The summed E-state index contributed by atoms with van der Waals surface area (Å²) in [4.78, 5) is 17.4. The van der Waals surface area contributed by atoms with Gasteiger partial charge in [-0.2, -0.15) is 0 Å². The van der Waals surface area contributed by atoms with Crippen LogP contribution in [-0.4, -0.2) is 53.1 Å². The van der Waals surface area contributed by atoms with Crippen LogP contribution in [0, 0.1) is 5.92 Å². The molecule has 1 N–H and O–H groups in total. The number of hydrogen-bond donors (Lipinski definition) is 1. The predicted octanol–water partition coefficient (Wildman–Crippen LogP) is 2.69. The molecule has 0 radical (unpaired) electrons. The summed E-state index contributed by atoms with van der Waals surface area (Å²) in [6, 6.07) is 0.252. The smallest absolute Gasteiger partial charge is 0.244 e. The zero-order valence-corrected chi connectivity index (χ0v) is 15.1. The molecular formula is C17H35N3O. The Bertz CT molecular complexity index is 341. The summed E-state index contributed by atoms with van der Waals surface area (Å²) in [5.41, 5.74) is -0.392. The van der Waals surface area contributed by atoms with E-state index in [2.05, 4.69) is 56.7 Å². The lowest BCUT2D eigenvalue weighted by atomic mass is 9.99. The monoisotopic (exact) mass is 297 g/mol. The molecule has 1 fully saturated rings. The van der Waals surface area contributed by atoms with Crippen molar-refractivity contribution in [3.63, 3.8) is 0 Å². The van der Waals surface area contributed by atoms with E-state index in [1.807, 2.05) is 6.92 Å². The van der Waals surface area contributed by atoms with Crippen molar-refractivity contribution in [2.24, 2.45) is 5.92 Å². The SMILES string of the molecule is CCN(CC)CC(C)N1C(=O)C(C)(CC)NC1CC(C)C. The molecule has 1 aliphatic rings. The number of rotatable bonds is 8. The molecule has 3 unspecified atom stereocenters. The van der Waals surface area contributed by atoms with Gasteiger partial charge in [-0.05, 0) is 45.7 Å². The maximum absolute atomic E-state index is 12.9. The van der Waals surface area contributed by atoms with Crippen LogP contribution in [0.15, 0.2) is 0 Å². The summed E-state index contributed by atoms with van der Waals surface area (Å²) in [5.74, 6) is 0.855.